The lowest BCUT2D eigenvalue weighted by atomic mass is 9.97. The summed E-state index contributed by atoms with van der Waals surface area (Å²) < 4.78 is 14.8. The lowest BCUT2D eigenvalue weighted by molar-refractivity contribution is -0.120. The minimum Gasteiger partial charge on any atom is -0.354 e. The fourth-order valence-corrected chi connectivity index (χ4v) is 3.84. The van der Waals surface area contributed by atoms with Crippen LogP contribution >= 0.6 is 0 Å². The summed E-state index contributed by atoms with van der Waals surface area (Å²) >= 11 is 0. The third kappa shape index (κ3) is 4.82. The molecule has 31 heavy (non-hydrogen) atoms. The summed E-state index contributed by atoms with van der Waals surface area (Å²) in [6, 6.07) is 16.9. The Morgan fingerprint density at radius 1 is 1.16 bits per heavy atom. The number of halogens is 1. The van der Waals surface area contributed by atoms with Crippen LogP contribution in [-0.2, 0) is 11.2 Å². The largest absolute Gasteiger partial charge is 0.354 e. The molecular formula is C24H25FN4O2. The predicted molar refractivity (Wildman–Crippen MR) is 119 cm³/mol. The number of hydrogen-bond acceptors (Lipinski definition) is 4. The maximum atomic E-state index is 13.4. The second-order valence-electron chi connectivity index (χ2n) is 7.75. The van der Waals surface area contributed by atoms with Gasteiger partial charge in [-0.1, -0.05) is 25.1 Å². The van der Waals surface area contributed by atoms with Crippen molar-refractivity contribution in [1.82, 2.24) is 9.78 Å². The number of amides is 1. The van der Waals surface area contributed by atoms with Gasteiger partial charge in [-0.25, -0.2) is 4.39 Å². The molecule has 3 aromatic rings. The van der Waals surface area contributed by atoms with Gasteiger partial charge in [-0.05, 0) is 61.2 Å². The molecule has 1 amide bonds. The van der Waals surface area contributed by atoms with Crippen molar-refractivity contribution >= 4 is 17.4 Å². The molecule has 0 aliphatic carbocycles. The Morgan fingerprint density at radius 2 is 1.97 bits per heavy atom. The Balaban J connectivity index is 1.51. The van der Waals surface area contributed by atoms with Crippen molar-refractivity contribution in [3.8, 4) is 5.69 Å². The fourth-order valence-electron chi connectivity index (χ4n) is 3.84. The van der Waals surface area contributed by atoms with Crippen molar-refractivity contribution in [3.63, 3.8) is 0 Å². The molecule has 1 fully saturated rings. The number of carbonyl (C=O) groups excluding carboxylic acids is 1. The number of nitrogens with one attached hydrogen (secondary N) is 1. The zero-order valence-corrected chi connectivity index (χ0v) is 17.4. The van der Waals surface area contributed by atoms with Gasteiger partial charge in [0.05, 0.1) is 11.6 Å². The minimum atomic E-state index is -0.388. The first-order valence-electron chi connectivity index (χ1n) is 10.5. The molecule has 160 valence electrons. The zero-order chi connectivity index (χ0) is 21.8. The average Bonchev–Trinajstić information content (AvgIpc) is 2.79. The van der Waals surface area contributed by atoms with Crippen molar-refractivity contribution in [2.45, 2.75) is 26.2 Å². The highest BCUT2D eigenvalue weighted by Crippen LogP contribution is 2.23. The standard InChI is InChI=1S/C24H25FN4O2/c1-2-17-8-10-21(11-9-17)29-23(30)13-12-22(27-29)28-14-4-5-18(16-28)24(31)26-20-7-3-6-19(25)15-20/h3,6-13,15,18H,2,4-5,14,16H2,1H3,(H,26,31)/t18-/m0/s1. The van der Waals surface area contributed by atoms with E-state index in [2.05, 4.69) is 17.3 Å². The van der Waals surface area contributed by atoms with Crippen LogP contribution in [0, 0.1) is 11.7 Å². The summed E-state index contributed by atoms with van der Waals surface area (Å²) in [5.74, 6) is -0.120. The summed E-state index contributed by atoms with van der Waals surface area (Å²) in [5, 5.41) is 7.36. The molecule has 1 aliphatic heterocycles. The molecule has 0 saturated carbocycles. The van der Waals surface area contributed by atoms with Gasteiger partial charge in [0, 0.05) is 24.8 Å². The van der Waals surface area contributed by atoms with E-state index in [9.17, 15) is 14.0 Å². The van der Waals surface area contributed by atoms with Crippen molar-refractivity contribution < 1.29 is 9.18 Å². The number of aromatic nitrogens is 2. The SMILES string of the molecule is CCc1ccc(-n2nc(N3CCC[C@H](C(=O)Nc4cccc(F)c4)C3)ccc2=O)cc1. The number of carbonyl (C=O) groups is 1. The molecule has 4 rings (SSSR count). The van der Waals surface area contributed by atoms with Crippen LogP contribution in [0.4, 0.5) is 15.9 Å². The molecule has 0 unspecified atom stereocenters. The third-order valence-electron chi connectivity index (χ3n) is 5.58. The van der Waals surface area contributed by atoms with E-state index in [1.165, 1.54) is 28.4 Å². The first-order valence-corrected chi connectivity index (χ1v) is 10.5. The van der Waals surface area contributed by atoms with Crippen LogP contribution in [0.25, 0.3) is 5.69 Å². The maximum absolute atomic E-state index is 13.4. The summed E-state index contributed by atoms with van der Waals surface area (Å²) in [4.78, 5) is 27.1. The van der Waals surface area contributed by atoms with E-state index < -0.39 is 0 Å². The monoisotopic (exact) mass is 420 g/mol. The van der Waals surface area contributed by atoms with Crippen LogP contribution in [0.2, 0.25) is 0 Å². The van der Waals surface area contributed by atoms with Crippen LogP contribution < -0.4 is 15.8 Å². The van der Waals surface area contributed by atoms with E-state index >= 15 is 0 Å². The van der Waals surface area contributed by atoms with Crippen LogP contribution in [0.5, 0.6) is 0 Å². The highest BCUT2D eigenvalue weighted by molar-refractivity contribution is 5.93. The average molecular weight is 420 g/mol. The molecule has 1 aliphatic rings. The van der Waals surface area contributed by atoms with Gasteiger partial charge in [-0.2, -0.15) is 4.68 Å². The van der Waals surface area contributed by atoms with Gasteiger partial charge in [-0.3, -0.25) is 9.59 Å². The quantitative estimate of drug-likeness (QED) is 0.682. The van der Waals surface area contributed by atoms with Gasteiger partial charge in [0.1, 0.15) is 11.6 Å². The number of benzene rings is 2. The van der Waals surface area contributed by atoms with Gasteiger partial charge >= 0.3 is 0 Å². The normalized spacial score (nSPS) is 16.2. The third-order valence-corrected chi connectivity index (χ3v) is 5.58. The van der Waals surface area contributed by atoms with E-state index in [-0.39, 0.29) is 23.2 Å². The maximum Gasteiger partial charge on any atom is 0.271 e. The molecule has 2 heterocycles. The number of nitrogens with zero attached hydrogens (tertiary/aromatic N) is 3. The van der Waals surface area contributed by atoms with E-state index in [0.29, 0.717) is 23.7 Å². The van der Waals surface area contributed by atoms with Crippen molar-refractivity contribution in [3.05, 3.63) is 82.4 Å². The first kappa shape index (κ1) is 20.8. The van der Waals surface area contributed by atoms with Gasteiger partial charge in [-0.15, -0.1) is 5.10 Å². The molecule has 0 bridgehead atoms. The fraction of sp³-hybridized carbons (Fsp3) is 0.292. The molecule has 0 spiro atoms. The lowest BCUT2D eigenvalue weighted by Crippen LogP contribution is -2.41. The van der Waals surface area contributed by atoms with Gasteiger partial charge in [0.25, 0.3) is 5.56 Å². The number of rotatable bonds is 5. The second kappa shape index (κ2) is 9.12. The molecule has 1 aromatic heterocycles. The first-order chi connectivity index (χ1) is 15.0. The lowest BCUT2D eigenvalue weighted by Gasteiger charge is -2.32. The van der Waals surface area contributed by atoms with Crippen LogP contribution in [0.1, 0.15) is 25.3 Å². The van der Waals surface area contributed by atoms with Gasteiger partial charge in [0.2, 0.25) is 5.91 Å². The molecule has 2 aromatic carbocycles. The molecule has 1 atom stereocenters. The summed E-state index contributed by atoms with van der Waals surface area (Å²) in [7, 11) is 0. The summed E-state index contributed by atoms with van der Waals surface area (Å²) in [6.07, 6.45) is 2.50. The molecule has 6 nitrogen and oxygen atoms in total. The number of piperidine rings is 1. The molecule has 1 saturated heterocycles. The van der Waals surface area contributed by atoms with Crippen LogP contribution in [0.3, 0.4) is 0 Å². The highest BCUT2D eigenvalue weighted by atomic mass is 19.1. The Kier molecular flexibility index (Phi) is 6.11. The van der Waals surface area contributed by atoms with Crippen molar-refractivity contribution in [2.75, 3.05) is 23.3 Å². The van der Waals surface area contributed by atoms with Crippen LogP contribution in [0.15, 0.2) is 65.5 Å². The minimum absolute atomic E-state index is 0.140. The van der Waals surface area contributed by atoms with E-state index in [1.807, 2.05) is 29.2 Å². The zero-order valence-electron chi connectivity index (χ0n) is 17.4. The Hall–Kier alpha value is -3.48. The van der Waals surface area contributed by atoms with Gasteiger partial charge < -0.3 is 10.2 Å². The molecule has 1 N–H and O–H groups in total. The highest BCUT2D eigenvalue weighted by Gasteiger charge is 2.27. The summed E-state index contributed by atoms with van der Waals surface area (Å²) in [6.45, 7) is 3.32. The Labute approximate surface area is 180 Å². The number of anilines is 2. The van der Waals surface area contributed by atoms with E-state index in [4.69, 9.17) is 0 Å². The topological polar surface area (TPSA) is 67.2 Å². The number of hydrogen-bond donors (Lipinski definition) is 1. The van der Waals surface area contributed by atoms with Gasteiger partial charge in [0.15, 0.2) is 0 Å². The predicted octanol–water partition coefficient (Wildman–Crippen LogP) is 3.79. The second-order valence-corrected chi connectivity index (χ2v) is 7.75. The van der Waals surface area contributed by atoms with E-state index in [1.54, 1.807) is 18.2 Å². The van der Waals surface area contributed by atoms with E-state index in [0.717, 1.165) is 25.8 Å². The van der Waals surface area contributed by atoms with Crippen LogP contribution in [-0.4, -0.2) is 28.8 Å². The summed E-state index contributed by atoms with van der Waals surface area (Å²) in [5.41, 5.74) is 2.15. The Bertz CT molecular complexity index is 1130. The van der Waals surface area contributed by atoms with Crippen molar-refractivity contribution in [1.29, 1.82) is 0 Å². The smallest absolute Gasteiger partial charge is 0.271 e. The molecular weight excluding hydrogens is 395 g/mol. The Morgan fingerprint density at radius 3 is 2.71 bits per heavy atom. The van der Waals surface area contributed by atoms with Crippen molar-refractivity contribution in [2.24, 2.45) is 5.92 Å². The molecule has 7 heteroatoms. The molecule has 0 radical (unpaired) electrons. The number of aryl methyl sites for hydroxylation is 1.